The van der Waals surface area contributed by atoms with Crippen LogP contribution >= 0.6 is 0 Å². The Balaban J connectivity index is 1.97. The average Bonchev–Trinajstić information content (AvgIpc) is 2.42. The molecule has 0 bridgehead atoms. The van der Waals surface area contributed by atoms with E-state index in [1.165, 1.54) is 11.1 Å². The summed E-state index contributed by atoms with van der Waals surface area (Å²) in [5, 5.41) is 6.24. The third-order valence-corrected chi connectivity index (χ3v) is 3.14. The summed E-state index contributed by atoms with van der Waals surface area (Å²) in [6.45, 7) is 14.1. The summed E-state index contributed by atoms with van der Waals surface area (Å²) in [6.07, 6.45) is 0. The fourth-order valence-corrected chi connectivity index (χ4v) is 2.29. The summed E-state index contributed by atoms with van der Waals surface area (Å²) < 4.78 is 5.86. The summed E-state index contributed by atoms with van der Waals surface area (Å²) in [4.78, 5) is 12.9. The van der Waals surface area contributed by atoms with Gasteiger partial charge in [-0.15, -0.1) is 0 Å². The Labute approximate surface area is 143 Å². The van der Waals surface area contributed by atoms with Crippen LogP contribution in [0.2, 0.25) is 0 Å². The lowest BCUT2D eigenvalue weighted by molar-refractivity contribution is 0.303. The SMILES string of the molecule is C=C(C)Nc1nc(C)nc(NC(C)COc2cc(C)cc(C)c2)n1. The summed E-state index contributed by atoms with van der Waals surface area (Å²) in [6, 6.07) is 6.23. The van der Waals surface area contributed by atoms with Gasteiger partial charge in [0.1, 0.15) is 18.2 Å². The Hall–Kier alpha value is -2.63. The maximum Gasteiger partial charge on any atom is 0.231 e. The van der Waals surface area contributed by atoms with Crippen molar-refractivity contribution in [3.8, 4) is 5.75 Å². The van der Waals surface area contributed by atoms with Crippen LogP contribution in [0.4, 0.5) is 11.9 Å². The molecule has 24 heavy (non-hydrogen) atoms. The molecule has 0 amide bonds. The second-order valence-corrected chi connectivity index (χ2v) is 6.11. The lowest BCUT2D eigenvalue weighted by Crippen LogP contribution is -2.25. The van der Waals surface area contributed by atoms with Crippen LogP contribution in [0.15, 0.2) is 30.5 Å². The summed E-state index contributed by atoms with van der Waals surface area (Å²) >= 11 is 0. The Morgan fingerprint density at radius 2 is 1.71 bits per heavy atom. The number of aromatic nitrogens is 3. The number of rotatable bonds is 7. The minimum atomic E-state index is 0.0466. The first kappa shape index (κ1) is 17.7. The molecule has 0 spiro atoms. The molecule has 2 rings (SSSR count). The molecule has 0 radical (unpaired) electrons. The molecule has 1 atom stereocenters. The highest BCUT2D eigenvalue weighted by molar-refractivity contribution is 5.38. The van der Waals surface area contributed by atoms with Gasteiger partial charge >= 0.3 is 0 Å². The average molecular weight is 327 g/mol. The molecule has 0 saturated carbocycles. The topological polar surface area (TPSA) is 72.0 Å². The Morgan fingerprint density at radius 3 is 2.33 bits per heavy atom. The van der Waals surface area contributed by atoms with Gasteiger partial charge in [-0.1, -0.05) is 12.6 Å². The molecule has 0 aliphatic carbocycles. The van der Waals surface area contributed by atoms with E-state index in [0.717, 1.165) is 11.4 Å². The molecule has 6 heteroatoms. The predicted molar refractivity (Wildman–Crippen MR) is 97.5 cm³/mol. The van der Waals surface area contributed by atoms with Gasteiger partial charge in [0.25, 0.3) is 0 Å². The maximum absolute atomic E-state index is 5.86. The Morgan fingerprint density at radius 1 is 1.08 bits per heavy atom. The summed E-state index contributed by atoms with van der Waals surface area (Å²) in [7, 11) is 0. The molecule has 2 aromatic rings. The van der Waals surface area contributed by atoms with Gasteiger partial charge in [-0.25, -0.2) is 0 Å². The zero-order valence-corrected chi connectivity index (χ0v) is 15.0. The van der Waals surface area contributed by atoms with E-state index in [-0.39, 0.29) is 6.04 Å². The standard InChI is InChI=1S/C18H25N5O/c1-11(2)19-17-21-15(6)22-18(23-17)20-14(5)10-24-16-8-12(3)7-13(4)9-16/h7-9,14H,1,10H2,2-6H3,(H2,19,20,21,22,23). The number of nitrogens with one attached hydrogen (secondary N) is 2. The minimum Gasteiger partial charge on any atom is -0.491 e. The van der Waals surface area contributed by atoms with Gasteiger partial charge in [0.2, 0.25) is 11.9 Å². The predicted octanol–water partition coefficient (Wildman–Crippen LogP) is 3.62. The number of benzene rings is 1. The largest absolute Gasteiger partial charge is 0.491 e. The van der Waals surface area contributed by atoms with Crippen LogP contribution < -0.4 is 15.4 Å². The Kier molecular flexibility index (Phi) is 5.73. The van der Waals surface area contributed by atoms with Crippen LogP contribution in [-0.2, 0) is 0 Å². The number of hydrogen-bond acceptors (Lipinski definition) is 6. The fourth-order valence-electron chi connectivity index (χ4n) is 2.29. The lowest BCUT2D eigenvalue weighted by atomic mass is 10.1. The number of ether oxygens (including phenoxy) is 1. The monoisotopic (exact) mass is 327 g/mol. The van der Waals surface area contributed by atoms with E-state index in [1.807, 2.05) is 32.9 Å². The summed E-state index contributed by atoms with van der Waals surface area (Å²) in [5.74, 6) is 2.51. The fraction of sp³-hybridized carbons (Fsp3) is 0.389. The molecule has 1 aromatic heterocycles. The lowest BCUT2D eigenvalue weighted by Gasteiger charge is -2.16. The first-order chi connectivity index (χ1) is 11.3. The number of hydrogen-bond donors (Lipinski definition) is 2. The van der Waals surface area contributed by atoms with Crippen LogP contribution in [0.25, 0.3) is 0 Å². The van der Waals surface area contributed by atoms with Gasteiger partial charge in [-0.3, -0.25) is 0 Å². The summed E-state index contributed by atoms with van der Waals surface area (Å²) in [5.41, 5.74) is 3.15. The molecule has 1 unspecified atom stereocenters. The van der Waals surface area contributed by atoms with Crippen molar-refractivity contribution in [2.45, 2.75) is 40.7 Å². The van der Waals surface area contributed by atoms with Gasteiger partial charge in [-0.05, 0) is 57.9 Å². The first-order valence-corrected chi connectivity index (χ1v) is 7.94. The van der Waals surface area contributed by atoms with Gasteiger partial charge in [0.05, 0.1) is 6.04 Å². The quantitative estimate of drug-likeness (QED) is 0.809. The Bertz CT molecular complexity index is 709. The van der Waals surface area contributed by atoms with Crippen LogP contribution in [0.3, 0.4) is 0 Å². The molecule has 0 fully saturated rings. The highest BCUT2D eigenvalue weighted by Crippen LogP contribution is 2.16. The normalized spacial score (nSPS) is 11.7. The van der Waals surface area contributed by atoms with Crippen molar-refractivity contribution in [2.24, 2.45) is 0 Å². The minimum absolute atomic E-state index is 0.0466. The van der Waals surface area contributed by atoms with Gasteiger partial charge in [-0.2, -0.15) is 15.0 Å². The molecule has 1 aromatic carbocycles. The highest BCUT2D eigenvalue weighted by atomic mass is 16.5. The van der Waals surface area contributed by atoms with E-state index in [0.29, 0.717) is 24.3 Å². The number of anilines is 2. The number of allylic oxidation sites excluding steroid dienone is 1. The molecule has 1 heterocycles. The molecule has 0 aliphatic heterocycles. The van der Waals surface area contributed by atoms with Crippen molar-refractivity contribution in [3.63, 3.8) is 0 Å². The smallest absolute Gasteiger partial charge is 0.231 e. The molecule has 0 saturated heterocycles. The zero-order chi connectivity index (χ0) is 17.7. The van der Waals surface area contributed by atoms with E-state index in [2.05, 4.69) is 52.1 Å². The van der Waals surface area contributed by atoms with Crippen LogP contribution in [0.1, 0.15) is 30.8 Å². The molecule has 6 nitrogen and oxygen atoms in total. The number of aryl methyl sites for hydroxylation is 3. The van der Waals surface area contributed by atoms with Crippen LogP contribution in [0, 0.1) is 20.8 Å². The van der Waals surface area contributed by atoms with Crippen LogP contribution in [-0.4, -0.2) is 27.6 Å². The van der Waals surface area contributed by atoms with Crippen molar-refractivity contribution in [1.82, 2.24) is 15.0 Å². The van der Waals surface area contributed by atoms with E-state index < -0.39 is 0 Å². The number of nitrogens with zero attached hydrogens (tertiary/aromatic N) is 3. The molecular formula is C18H25N5O. The van der Waals surface area contributed by atoms with Crippen molar-refractivity contribution in [2.75, 3.05) is 17.2 Å². The van der Waals surface area contributed by atoms with Gasteiger partial charge < -0.3 is 15.4 Å². The van der Waals surface area contributed by atoms with Crippen molar-refractivity contribution in [1.29, 1.82) is 0 Å². The van der Waals surface area contributed by atoms with Crippen molar-refractivity contribution >= 4 is 11.9 Å². The van der Waals surface area contributed by atoms with Gasteiger partial charge in [0.15, 0.2) is 0 Å². The van der Waals surface area contributed by atoms with Gasteiger partial charge in [0, 0.05) is 5.70 Å². The van der Waals surface area contributed by atoms with Crippen molar-refractivity contribution in [3.05, 3.63) is 47.4 Å². The van der Waals surface area contributed by atoms with E-state index in [9.17, 15) is 0 Å². The molecule has 0 aliphatic rings. The second-order valence-electron chi connectivity index (χ2n) is 6.11. The molecule has 128 valence electrons. The molecule has 2 N–H and O–H groups in total. The second kappa shape index (κ2) is 7.77. The third-order valence-electron chi connectivity index (χ3n) is 3.14. The van der Waals surface area contributed by atoms with E-state index >= 15 is 0 Å². The third kappa shape index (κ3) is 5.53. The molecular weight excluding hydrogens is 302 g/mol. The van der Waals surface area contributed by atoms with E-state index in [1.54, 1.807) is 0 Å². The van der Waals surface area contributed by atoms with Crippen LogP contribution in [0.5, 0.6) is 5.75 Å². The first-order valence-electron chi connectivity index (χ1n) is 7.94. The highest BCUT2D eigenvalue weighted by Gasteiger charge is 2.09. The zero-order valence-electron chi connectivity index (χ0n) is 15.0. The van der Waals surface area contributed by atoms with E-state index in [4.69, 9.17) is 4.74 Å². The van der Waals surface area contributed by atoms with Crippen molar-refractivity contribution < 1.29 is 4.74 Å². The maximum atomic E-state index is 5.86.